The fourth-order valence-corrected chi connectivity index (χ4v) is 6.12. The van der Waals surface area contributed by atoms with Gasteiger partial charge in [0.05, 0.1) is 6.67 Å². The Hall–Kier alpha value is -0.370. The highest BCUT2D eigenvalue weighted by Crippen LogP contribution is 2.58. The molecule has 1 atom stereocenters. The molecule has 0 aromatic heterocycles. The molecule has 2 spiro atoms. The number of nitrogens with one attached hydrogen (secondary N) is 1. The standard InChI is InChI=1S/C18H30N2/c1-3-7-17(8-4-1)11-15-12-19-14-20-16(15)18(13-17)9-5-2-6-10-18/h15,19H,1-14H2. The monoisotopic (exact) mass is 274 g/mol. The molecule has 0 bridgehead atoms. The fraction of sp³-hybridized carbons (Fsp3) is 0.944. The van der Waals surface area contributed by atoms with Crippen LogP contribution in [-0.2, 0) is 0 Å². The van der Waals surface area contributed by atoms with Gasteiger partial charge in [0.2, 0.25) is 0 Å². The molecule has 0 amide bonds. The molecule has 3 saturated carbocycles. The predicted molar refractivity (Wildman–Crippen MR) is 84.1 cm³/mol. The zero-order valence-electron chi connectivity index (χ0n) is 12.9. The van der Waals surface area contributed by atoms with Crippen molar-refractivity contribution in [2.45, 2.75) is 77.0 Å². The molecule has 0 saturated heterocycles. The third kappa shape index (κ3) is 2.15. The maximum absolute atomic E-state index is 5.01. The highest BCUT2D eigenvalue weighted by atomic mass is 15.0. The summed E-state index contributed by atoms with van der Waals surface area (Å²) in [7, 11) is 0. The van der Waals surface area contributed by atoms with Gasteiger partial charge in [-0.05, 0) is 43.9 Å². The van der Waals surface area contributed by atoms with Crippen LogP contribution in [-0.4, -0.2) is 18.9 Å². The number of hydrogen-bond donors (Lipinski definition) is 1. The van der Waals surface area contributed by atoms with E-state index in [0.29, 0.717) is 10.8 Å². The lowest BCUT2D eigenvalue weighted by Crippen LogP contribution is -2.54. The van der Waals surface area contributed by atoms with Crippen molar-refractivity contribution >= 4 is 5.71 Å². The van der Waals surface area contributed by atoms with Crippen LogP contribution in [0.1, 0.15) is 77.0 Å². The summed E-state index contributed by atoms with van der Waals surface area (Å²) in [5.74, 6) is 0.772. The van der Waals surface area contributed by atoms with E-state index >= 15 is 0 Å². The molecule has 1 aliphatic heterocycles. The van der Waals surface area contributed by atoms with Crippen molar-refractivity contribution in [3.05, 3.63) is 0 Å². The summed E-state index contributed by atoms with van der Waals surface area (Å²) in [5, 5.41) is 3.54. The summed E-state index contributed by atoms with van der Waals surface area (Å²) in [4.78, 5) is 5.01. The second-order valence-electron chi connectivity index (χ2n) is 8.14. The van der Waals surface area contributed by atoms with Crippen molar-refractivity contribution in [3.8, 4) is 0 Å². The van der Waals surface area contributed by atoms with Crippen LogP contribution in [0.15, 0.2) is 4.99 Å². The third-order valence-corrected chi connectivity index (χ3v) is 6.80. The molecule has 3 aliphatic carbocycles. The molecule has 0 radical (unpaired) electrons. The number of rotatable bonds is 0. The van der Waals surface area contributed by atoms with Gasteiger partial charge in [0.25, 0.3) is 0 Å². The van der Waals surface area contributed by atoms with Gasteiger partial charge in [-0.3, -0.25) is 10.3 Å². The minimum atomic E-state index is 0.528. The zero-order valence-corrected chi connectivity index (χ0v) is 12.9. The van der Waals surface area contributed by atoms with Gasteiger partial charge < -0.3 is 0 Å². The fourth-order valence-electron chi connectivity index (χ4n) is 6.12. The molecule has 4 aliphatic rings. The number of nitrogens with zero attached hydrogens (tertiary/aromatic N) is 1. The van der Waals surface area contributed by atoms with E-state index in [4.69, 9.17) is 4.99 Å². The van der Waals surface area contributed by atoms with E-state index < -0.39 is 0 Å². The normalized spacial score (nSPS) is 35.6. The maximum atomic E-state index is 5.01. The van der Waals surface area contributed by atoms with Crippen LogP contribution in [0.4, 0.5) is 0 Å². The summed E-state index contributed by atoms with van der Waals surface area (Å²) in [5.41, 5.74) is 2.88. The van der Waals surface area contributed by atoms with Crippen LogP contribution in [0.5, 0.6) is 0 Å². The lowest BCUT2D eigenvalue weighted by Gasteiger charge is -2.55. The first-order valence-corrected chi connectivity index (χ1v) is 9.08. The predicted octanol–water partition coefficient (Wildman–Crippen LogP) is 4.30. The van der Waals surface area contributed by atoms with Gasteiger partial charge in [0, 0.05) is 23.6 Å². The van der Waals surface area contributed by atoms with Gasteiger partial charge in [-0.1, -0.05) is 38.5 Å². The van der Waals surface area contributed by atoms with Crippen molar-refractivity contribution in [1.29, 1.82) is 0 Å². The van der Waals surface area contributed by atoms with Crippen LogP contribution < -0.4 is 5.32 Å². The Kier molecular flexibility index (Phi) is 3.41. The SMILES string of the molecule is C1CCC2(CC1)CC1CNCN=C1C1(CCCCC1)C2. The largest absolute Gasteiger partial charge is 0.298 e. The Morgan fingerprint density at radius 2 is 1.60 bits per heavy atom. The van der Waals surface area contributed by atoms with Crippen LogP contribution in [0.25, 0.3) is 0 Å². The number of hydrogen-bond acceptors (Lipinski definition) is 2. The molecule has 1 unspecified atom stereocenters. The van der Waals surface area contributed by atoms with Crippen molar-refractivity contribution in [2.24, 2.45) is 21.7 Å². The van der Waals surface area contributed by atoms with Crippen LogP contribution >= 0.6 is 0 Å². The second-order valence-corrected chi connectivity index (χ2v) is 8.14. The van der Waals surface area contributed by atoms with Crippen LogP contribution in [0, 0.1) is 16.7 Å². The van der Waals surface area contributed by atoms with Crippen LogP contribution in [0.3, 0.4) is 0 Å². The van der Waals surface area contributed by atoms with Crippen molar-refractivity contribution in [1.82, 2.24) is 5.32 Å². The van der Waals surface area contributed by atoms with E-state index in [1.54, 1.807) is 5.71 Å². The molecular formula is C18H30N2. The first-order valence-electron chi connectivity index (χ1n) is 9.08. The molecule has 3 fully saturated rings. The Labute approximate surface area is 123 Å². The molecular weight excluding hydrogens is 244 g/mol. The van der Waals surface area contributed by atoms with E-state index in [9.17, 15) is 0 Å². The van der Waals surface area contributed by atoms with Gasteiger partial charge in [0.1, 0.15) is 0 Å². The maximum Gasteiger partial charge on any atom is 0.0884 e. The molecule has 0 aromatic carbocycles. The molecule has 1 heterocycles. The minimum absolute atomic E-state index is 0.528. The van der Waals surface area contributed by atoms with E-state index in [-0.39, 0.29) is 0 Å². The Bertz CT molecular complexity index is 386. The van der Waals surface area contributed by atoms with E-state index in [1.165, 1.54) is 83.6 Å². The first-order chi connectivity index (χ1) is 9.82. The Balaban J connectivity index is 1.68. The Morgan fingerprint density at radius 3 is 2.35 bits per heavy atom. The summed E-state index contributed by atoms with van der Waals surface area (Å²) in [6, 6.07) is 0. The van der Waals surface area contributed by atoms with Crippen LogP contribution in [0.2, 0.25) is 0 Å². The lowest BCUT2D eigenvalue weighted by molar-refractivity contribution is 0.0499. The lowest BCUT2D eigenvalue weighted by atomic mass is 9.50. The smallest absolute Gasteiger partial charge is 0.0884 e. The summed E-state index contributed by atoms with van der Waals surface area (Å²) < 4.78 is 0. The van der Waals surface area contributed by atoms with Gasteiger partial charge in [0.15, 0.2) is 0 Å². The quantitative estimate of drug-likeness (QED) is 0.700. The summed E-state index contributed by atoms with van der Waals surface area (Å²) >= 11 is 0. The molecule has 1 N–H and O–H groups in total. The molecule has 0 aromatic rings. The zero-order chi connectivity index (χ0) is 13.5. The Morgan fingerprint density at radius 1 is 0.900 bits per heavy atom. The number of fused-ring (bicyclic) bond motifs is 2. The highest BCUT2D eigenvalue weighted by Gasteiger charge is 2.52. The molecule has 112 valence electrons. The summed E-state index contributed by atoms with van der Waals surface area (Å²) in [6.07, 6.45) is 17.7. The average Bonchev–Trinajstić information content (AvgIpc) is 2.49. The average molecular weight is 274 g/mol. The third-order valence-electron chi connectivity index (χ3n) is 6.80. The molecule has 4 rings (SSSR count). The molecule has 20 heavy (non-hydrogen) atoms. The number of aliphatic imine (C=N–C) groups is 1. The summed E-state index contributed by atoms with van der Waals surface area (Å²) in [6.45, 7) is 2.10. The van der Waals surface area contributed by atoms with E-state index in [2.05, 4.69) is 5.32 Å². The minimum Gasteiger partial charge on any atom is -0.298 e. The van der Waals surface area contributed by atoms with Crippen molar-refractivity contribution in [2.75, 3.05) is 13.2 Å². The first kappa shape index (κ1) is 13.3. The van der Waals surface area contributed by atoms with Gasteiger partial charge in [-0.15, -0.1) is 0 Å². The molecule has 2 heteroatoms. The second kappa shape index (κ2) is 5.12. The van der Waals surface area contributed by atoms with Gasteiger partial charge in [-0.25, -0.2) is 0 Å². The van der Waals surface area contributed by atoms with E-state index in [1.807, 2.05) is 0 Å². The topological polar surface area (TPSA) is 24.4 Å². The van der Waals surface area contributed by atoms with Crippen molar-refractivity contribution < 1.29 is 0 Å². The molecule has 2 nitrogen and oxygen atoms in total. The van der Waals surface area contributed by atoms with E-state index in [0.717, 1.165) is 12.6 Å². The van der Waals surface area contributed by atoms with Gasteiger partial charge in [-0.2, -0.15) is 0 Å². The van der Waals surface area contributed by atoms with Gasteiger partial charge >= 0.3 is 0 Å². The van der Waals surface area contributed by atoms with Crippen molar-refractivity contribution in [3.63, 3.8) is 0 Å². The highest BCUT2D eigenvalue weighted by molar-refractivity contribution is 5.94.